The second-order valence-electron chi connectivity index (χ2n) is 6.56. The Morgan fingerprint density at radius 2 is 2.12 bits per heavy atom. The summed E-state index contributed by atoms with van der Waals surface area (Å²) in [5.74, 6) is -0.335. The van der Waals surface area contributed by atoms with E-state index in [1.807, 2.05) is 11.0 Å². The molecule has 0 aromatic carbocycles. The van der Waals surface area contributed by atoms with Crippen LogP contribution in [0, 0.1) is 17.2 Å². The standard InChI is InChI=1S/C17H24N6O3/c1-10(2)26-17-12(8-18)13(19)7-14(22-17)21-15(24)9-23-5-3-11(4-6-23)16(20)25/h7,10-11H,3-6,9H2,1-2H3,(H2,20,25)(H3,19,21,22,24). The van der Waals surface area contributed by atoms with Crippen molar-refractivity contribution < 1.29 is 14.3 Å². The molecule has 0 radical (unpaired) electrons. The lowest BCUT2D eigenvalue weighted by Crippen LogP contribution is -2.42. The summed E-state index contributed by atoms with van der Waals surface area (Å²) in [6, 6.07) is 3.39. The van der Waals surface area contributed by atoms with E-state index < -0.39 is 0 Å². The summed E-state index contributed by atoms with van der Waals surface area (Å²) in [7, 11) is 0. The zero-order valence-corrected chi connectivity index (χ0v) is 15.0. The van der Waals surface area contributed by atoms with Crippen molar-refractivity contribution in [2.75, 3.05) is 30.7 Å². The molecule has 1 aromatic rings. The molecule has 0 spiro atoms. The van der Waals surface area contributed by atoms with Crippen LogP contribution in [0.3, 0.4) is 0 Å². The number of rotatable bonds is 6. The maximum Gasteiger partial charge on any atom is 0.239 e. The zero-order chi connectivity index (χ0) is 19.3. The first kappa shape index (κ1) is 19.5. The van der Waals surface area contributed by atoms with Crippen LogP contribution in [-0.4, -0.2) is 47.4 Å². The minimum Gasteiger partial charge on any atom is -0.474 e. The number of nitriles is 1. The van der Waals surface area contributed by atoms with Gasteiger partial charge in [0.25, 0.3) is 0 Å². The Kier molecular flexibility index (Phi) is 6.36. The fourth-order valence-electron chi connectivity index (χ4n) is 2.79. The number of hydrogen-bond donors (Lipinski definition) is 3. The highest BCUT2D eigenvalue weighted by molar-refractivity contribution is 5.92. The van der Waals surface area contributed by atoms with Crippen LogP contribution in [0.2, 0.25) is 0 Å². The van der Waals surface area contributed by atoms with E-state index in [2.05, 4.69) is 10.3 Å². The summed E-state index contributed by atoms with van der Waals surface area (Å²) < 4.78 is 5.50. The summed E-state index contributed by atoms with van der Waals surface area (Å²) in [6.07, 6.45) is 1.11. The summed E-state index contributed by atoms with van der Waals surface area (Å²) in [5.41, 5.74) is 11.5. The van der Waals surface area contributed by atoms with Crippen molar-refractivity contribution in [3.63, 3.8) is 0 Å². The van der Waals surface area contributed by atoms with Gasteiger partial charge in [0.05, 0.1) is 18.3 Å². The maximum atomic E-state index is 12.3. The largest absolute Gasteiger partial charge is 0.474 e. The molecule has 2 amide bonds. The van der Waals surface area contributed by atoms with E-state index in [1.54, 1.807) is 13.8 Å². The Bertz CT molecular complexity index is 720. The Labute approximate surface area is 152 Å². The molecule has 0 aliphatic carbocycles. The number of primary amides is 1. The number of nitrogen functional groups attached to an aromatic ring is 1. The first-order valence-electron chi connectivity index (χ1n) is 8.49. The van der Waals surface area contributed by atoms with Crippen molar-refractivity contribution >= 4 is 23.3 Å². The minimum absolute atomic E-state index is 0.0973. The van der Waals surface area contributed by atoms with Crippen LogP contribution in [0.4, 0.5) is 11.5 Å². The predicted octanol–water partition coefficient (Wildman–Crippen LogP) is 0.458. The van der Waals surface area contributed by atoms with Crippen LogP contribution >= 0.6 is 0 Å². The van der Waals surface area contributed by atoms with Gasteiger partial charge in [0, 0.05) is 12.0 Å². The van der Waals surface area contributed by atoms with Crippen molar-refractivity contribution in [1.29, 1.82) is 5.26 Å². The predicted molar refractivity (Wildman–Crippen MR) is 96.1 cm³/mol. The smallest absolute Gasteiger partial charge is 0.239 e. The molecule has 1 aromatic heterocycles. The number of carbonyl (C=O) groups excluding carboxylic acids is 2. The van der Waals surface area contributed by atoms with Crippen LogP contribution in [-0.2, 0) is 9.59 Å². The first-order valence-corrected chi connectivity index (χ1v) is 8.49. The highest BCUT2D eigenvalue weighted by atomic mass is 16.5. The van der Waals surface area contributed by atoms with E-state index >= 15 is 0 Å². The molecular formula is C17H24N6O3. The molecule has 26 heavy (non-hydrogen) atoms. The molecule has 1 aliphatic heterocycles. The quantitative estimate of drug-likeness (QED) is 0.667. The average molecular weight is 360 g/mol. The van der Waals surface area contributed by atoms with E-state index in [4.69, 9.17) is 16.2 Å². The molecule has 0 saturated carbocycles. The Balaban J connectivity index is 2.00. The number of anilines is 2. The highest BCUT2D eigenvalue weighted by Gasteiger charge is 2.24. The molecule has 2 heterocycles. The lowest BCUT2D eigenvalue weighted by Gasteiger charge is -2.29. The average Bonchev–Trinajstić information content (AvgIpc) is 2.54. The fraction of sp³-hybridized carbons (Fsp3) is 0.529. The monoisotopic (exact) mass is 360 g/mol. The van der Waals surface area contributed by atoms with Crippen molar-refractivity contribution in [2.24, 2.45) is 11.7 Å². The summed E-state index contributed by atoms with van der Waals surface area (Å²) in [5, 5.41) is 11.9. The molecular weight excluding hydrogens is 336 g/mol. The third-order valence-corrected chi connectivity index (χ3v) is 4.10. The zero-order valence-electron chi connectivity index (χ0n) is 15.0. The molecule has 1 fully saturated rings. The second kappa shape index (κ2) is 8.49. The molecule has 9 nitrogen and oxygen atoms in total. The Morgan fingerprint density at radius 3 is 2.65 bits per heavy atom. The van der Waals surface area contributed by atoms with E-state index in [1.165, 1.54) is 6.07 Å². The number of likely N-dealkylation sites (tertiary alicyclic amines) is 1. The Morgan fingerprint density at radius 1 is 1.46 bits per heavy atom. The molecule has 140 valence electrons. The van der Waals surface area contributed by atoms with Gasteiger partial charge in [-0.1, -0.05) is 0 Å². The SMILES string of the molecule is CC(C)Oc1nc(NC(=O)CN2CCC(C(N)=O)CC2)cc(N)c1C#N. The van der Waals surface area contributed by atoms with Crippen LogP contribution in [0.25, 0.3) is 0 Å². The van der Waals surface area contributed by atoms with Gasteiger partial charge >= 0.3 is 0 Å². The third kappa shape index (κ3) is 5.07. The maximum absolute atomic E-state index is 12.3. The number of amides is 2. The number of pyridine rings is 1. The van der Waals surface area contributed by atoms with Crippen LogP contribution in [0.1, 0.15) is 32.3 Å². The summed E-state index contributed by atoms with van der Waals surface area (Å²) >= 11 is 0. The van der Waals surface area contributed by atoms with Crippen LogP contribution in [0.5, 0.6) is 5.88 Å². The number of piperidine rings is 1. The van der Waals surface area contributed by atoms with Gasteiger partial charge in [0.2, 0.25) is 17.7 Å². The van der Waals surface area contributed by atoms with E-state index in [0.29, 0.717) is 25.9 Å². The molecule has 2 rings (SSSR count). The minimum atomic E-state index is -0.288. The van der Waals surface area contributed by atoms with Gasteiger partial charge in [-0.25, -0.2) is 0 Å². The molecule has 0 unspecified atom stereocenters. The van der Waals surface area contributed by atoms with E-state index in [9.17, 15) is 14.9 Å². The molecule has 1 saturated heterocycles. The van der Waals surface area contributed by atoms with Crippen LogP contribution in [0.15, 0.2) is 6.07 Å². The number of hydrogen-bond acceptors (Lipinski definition) is 7. The summed E-state index contributed by atoms with van der Waals surface area (Å²) in [4.78, 5) is 29.6. The normalized spacial score (nSPS) is 15.5. The molecule has 0 atom stereocenters. The van der Waals surface area contributed by atoms with E-state index in [-0.39, 0.29) is 53.3 Å². The van der Waals surface area contributed by atoms with Crippen molar-refractivity contribution in [1.82, 2.24) is 9.88 Å². The Hall–Kier alpha value is -2.86. The molecule has 1 aliphatic rings. The van der Waals surface area contributed by atoms with Gasteiger partial charge in [-0.15, -0.1) is 0 Å². The molecule has 9 heteroatoms. The number of nitrogens with one attached hydrogen (secondary N) is 1. The number of nitrogens with zero attached hydrogens (tertiary/aromatic N) is 3. The van der Waals surface area contributed by atoms with Gasteiger partial charge in [-0.2, -0.15) is 10.2 Å². The van der Waals surface area contributed by atoms with Crippen LogP contribution < -0.4 is 21.5 Å². The van der Waals surface area contributed by atoms with Crippen molar-refractivity contribution in [3.8, 4) is 11.9 Å². The lowest BCUT2D eigenvalue weighted by molar-refractivity contribution is -0.123. The van der Waals surface area contributed by atoms with Crippen molar-refractivity contribution in [3.05, 3.63) is 11.6 Å². The first-order chi connectivity index (χ1) is 12.3. The second-order valence-corrected chi connectivity index (χ2v) is 6.56. The number of nitrogens with two attached hydrogens (primary N) is 2. The molecule has 5 N–H and O–H groups in total. The van der Waals surface area contributed by atoms with E-state index in [0.717, 1.165) is 0 Å². The van der Waals surface area contributed by atoms with Gasteiger partial charge in [0.15, 0.2) is 0 Å². The number of carbonyl (C=O) groups is 2. The highest BCUT2D eigenvalue weighted by Crippen LogP contribution is 2.26. The number of aromatic nitrogens is 1. The van der Waals surface area contributed by atoms with Crippen molar-refractivity contribution in [2.45, 2.75) is 32.8 Å². The summed E-state index contributed by atoms with van der Waals surface area (Å²) in [6.45, 7) is 5.05. The van der Waals surface area contributed by atoms with Gasteiger partial charge in [-0.05, 0) is 39.8 Å². The van der Waals surface area contributed by atoms with Gasteiger partial charge < -0.3 is 21.5 Å². The van der Waals surface area contributed by atoms with Gasteiger partial charge in [0.1, 0.15) is 17.5 Å². The third-order valence-electron chi connectivity index (χ3n) is 4.10. The molecule has 0 bridgehead atoms. The number of ether oxygens (including phenoxy) is 1. The lowest BCUT2D eigenvalue weighted by atomic mass is 9.96. The van der Waals surface area contributed by atoms with Gasteiger partial charge in [-0.3, -0.25) is 14.5 Å². The fourth-order valence-corrected chi connectivity index (χ4v) is 2.79. The topological polar surface area (TPSA) is 147 Å².